The Bertz CT molecular complexity index is 681. The predicted octanol–water partition coefficient (Wildman–Crippen LogP) is 3.81. The molecule has 23 heavy (non-hydrogen) atoms. The highest BCUT2D eigenvalue weighted by Gasteiger charge is 2.21. The van der Waals surface area contributed by atoms with Crippen LogP contribution in [0.5, 0.6) is 5.75 Å². The van der Waals surface area contributed by atoms with Crippen LogP contribution in [-0.2, 0) is 11.3 Å². The van der Waals surface area contributed by atoms with E-state index in [4.69, 9.17) is 25.9 Å². The molecule has 0 saturated heterocycles. The van der Waals surface area contributed by atoms with Crippen LogP contribution in [-0.4, -0.2) is 24.2 Å². The minimum Gasteiger partial charge on any atom is -0.495 e. The van der Waals surface area contributed by atoms with E-state index < -0.39 is 12.0 Å². The normalized spacial score (nSPS) is 12.4. The number of halogens is 1. The smallest absolute Gasteiger partial charge is 0.320 e. The molecule has 6 heteroatoms. The zero-order valence-corrected chi connectivity index (χ0v) is 14.1. The molecule has 0 aliphatic rings. The highest BCUT2D eigenvalue weighted by atomic mass is 35.5. The van der Waals surface area contributed by atoms with Crippen LogP contribution >= 0.6 is 11.6 Å². The first-order valence-electron chi connectivity index (χ1n) is 7.31. The monoisotopic (exact) mass is 337 g/mol. The van der Waals surface area contributed by atoms with Crippen LogP contribution in [0.3, 0.4) is 0 Å². The molecule has 5 nitrogen and oxygen atoms in total. The van der Waals surface area contributed by atoms with E-state index in [2.05, 4.69) is 5.32 Å². The molecule has 2 rings (SSSR count). The van der Waals surface area contributed by atoms with Crippen molar-refractivity contribution in [2.45, 2.75) is 26.4 Å². The van der Waals surface area contributed by atoms with Gasteiger partial charge < -0.3 is 14.3 Å². The van der Waals surface area contributed by atoms with Crippen molar-refractivity contribution in [3.63, 3.8) is 0 Å². The second-order valence-electron chi connectivity index (χ2n) is 5.56. The van der Waals surface area contributed by atoms with Crippen LogP contribution in [0.2, 0.25) is 5.02 Å². The Morgan fingerprint density at radius 1 is 1.35 bits per heavy atom. The van der Waals surface area contributed by atoms with Gasteiger partial charge in [0.1, 0.15) is 23.3 Å². The van der Waals surface area contributed by atoms with Crippen molar-refractivity contribution in [1.29, 1.82) is 0 Å². The lowest BCUT2D eigenvalue weighted by molar-refractivity contribution is -0.140. The summed E-state index contributed by atoms with van der Waals surface area (Å²) < 4.78 is 10.9. The maximum atomic E-state index is 11.2. The number of carbonyl (C=O) groups is 1. The summed E-state index contributed by atoms with van der Waals surface area (Å²) in [6.45, 7) is 4.07. The van der Waals surface area contributed by atoms with E-state index in [0.717, 1.165) is 5.56 Å². The Morgan fingerprint density at radius 3 is 2.65 bits per heavy atom. The Hall–Kier alpha value is -1.98. The summed E-state index contributed by atoms with van der Waals surface area (Å²) in [4.78, 5) is 11.2. The summed E-state index contributed by atoms with van der Waals surface area (Å²) in [7, 11) is 1.56. The third-order valence-electron chi connectivity index (χ3n) is 3.53. The number of benzene rings is 1. The van der Waals surface area contributed by atoms with E-state index in [1.807, 2.05) is 32.0 Å². The van der Waals surface area contributed by atoms with Gasteiger partial charge in [-0.05, 0) is 36.2 Å². The number of hydrogen-bond acceptors (Lipinski definition) is 4. The molecule has 0 aliphatic heterocycles. The third-order valence-corrected chi connectivity index (χ3v) is 3.82. The molecular weight excluding hydrogens is 318 g/mol. The first kappa shape index (κ1) is 17.4. The van der Waals surface area contributed by atoms with Crippen molar-refractivity contribution in [1.82, 2.24) is 5.32 Å². The second-order valence-corrected chi connectivity index (χ2v) is 5.96. The number of hydrogen-bond donors (Lipinski definition) is 2. The number of carboxylic acids is 1. The molecule has 1 heterocycles. The number of rotatable bonds is 7. The quantitative estimate of drug-likeness (QED) is 0.804. The fraction of sp³-hybridized carbons (Fsp3) is 0.353. The van der Waals surface area contributed by atoms with Gasteiger partial charge in [0.15, 0.2) is 0 Å². The Morgan fingerprint density at radius 2 is 2.09 bits per heavy atom. The lowest BCUT2D eigenvalue weighted by Gasteiger charge is -2.16. The van der Waals surface area contributed by atoms with Crippen LogP contribution in [0.15, 0.2) is 34.7 Å². The van der Waals surface area contributed by atoms with E-state index in [1.54, 1.807) is 19.2 Å². The Labute approximate surface area is 140 Å². The molecule has 0 aliphatic carbocycles. The molecule has 2 aromatic rings. The molecule has 0 spiro atoms. The fourth-order valence-corrected chi connectivity index (χ4v) is 2.52. The van der Waals surface area contributed by atoms with Crippen LogP contribution in [0.1, 0.15) is 19.6 Å². The summed E-state index contributed by atoms with van der Waals surface area (Å²) in [6.07, 6.45) is 0. The molecule has 1 unspecified atom stereocenters. The van der Waals surface area contributed by atoms with Crippen LogP contribution < -0.4 is 10.1 Å². The van der Waals surface area contributed by atoms with Gasteiger partial charge in [0.25, 0.3) is 0 Å². The van der Waals surface area contributed by atoms with E-state index in [9.17, 15) is 4.79 Å². The molecule has 0 radical (unpaired) electrons. The van der Waals surface area contributed by atoms with Crippen molar-refractivity contribution >= 4 is 17.6 Å². The number of aliphatic carboxylic acids is 1. The molecule has 0 saturated carbocycles. The zero-order valence-electron chi connectivity index (χ0n) is 13.3. The summed E-state index contributed by atoms with van der Waals surface area (Å²) in [6, 6.07) is 8.44. The van der Waals surface area contributed by atoms with E-state index in [-0.39, 0.29) is 5.92 Å². The zero-order chi connectivity index (χ0) is 17.0. The van der Waals surface area contributed by atoms with Gasteiger partial charge in [-0.25, -0.2) is 0 Å². The number of furan rings is 1. The molecular formula is C17H20ClNO4. The first-order chi connectivity index (χ1) is 10.9. The summed E-state index contributed by atoms with van der Waals surface area (Å²) in [5.74, 6) is 1.06. The van der Waals surface area contributed by atoms with Crippen LogP contribution in [0, 0.1) is 5.92 Å². The molecule has 1 aromatic heterocycles. The minimum absolute atomic E-state index is 0.0117. The number of ether oxygens (including phenoxy) is 1. The highest BCUT2D eigenvalue weighted by molar-refractivity contribution is 6.32. The van der Waals surface area contributed by atoms with Gasteiger partial charge >= 0.3 is 5.97 Å². The van der Waals surface area contributed by atoms with Crippen molar-refractivity contribution in [2.24, 2.45) is 5.92 Å². The van der Waals surface area contributed by atoms with Gasteiger partial charge in [0, 0.05) is 5.56 Å². The largest absolute Gasteiger partial charge is 0.495 e. The van der Waals surface area contributed by atoms with E-state index >= 15 is 0 Å². The van der Waals surface area contributed by atoms with Gasteiger partial charge in [0.05, 0.1) is 18.7 Å². The van der Waals surface area contributed by atoms with Gasteiger partial charge in [-0.15, -0.1) is 0 Å². The molecule has 124 valence electrons. The molecule has 2 N–H and O–H groups in total. The minimum atomic E-state index is -0.867. The second kappa shape index (κ2) is 7.53. The first-order valence-corrected chi connectivity index (χ1v) is 7.69. The van der Waals surface area contributed by atoms with Crippen molar-refractivity contribution in [3.05, 3.63) is 41.1 Å². The molecule has 1 atom stereocenters. The number of methoxy groups -OCH3 is 1. The topological polar surface area (TPSA) is 71.7 Å². The molecule has 0 bridgehead atoms. The van der Waals surface area contributed by atoms with Crippen LogP contribution in [0.25, 0.3) is 11.3 Å². The van der Waals surface area contributed by atoms with Crippen LogP contribution in [0.4, 0.5) is 0 Å². The van der Waals surface area contributed by atoms with Crippen molar-refractivity contribution in [3.8, 4) is 17.1 Å². The third kappa shape index (κ3) is 4.27. The standard InChI is InChI=1S/C17H20ClNO4/c1-10(2)16(17(20)21)19-9-12-5-7-14(23-12)11-4-6-15(22-3)13(18)8-11/h4-8,10,16,19H,9H2,1-3H3,(H,20,21). The predicted molar refractivity (Wildman–Crippen MR) is 88.8 cm³/mol. The van der Waals surface area contributed by atoms with Gasteiger partial charge in [-0.1, -0.05) is 25.4 Å². The maximum absolute atomic E-state index is 11.2. The van der Waals surface area contributed by atoms with Crippen molar-refractivity contribution in [2.75, 3.05) is 7.11 Å². The summed E-state index contributed by atoms with van der Waals surface area (Å²) in [5, 5.41) is 12.7. The lowest BCUT2D eigenvalue weighted by atomic mass is 10.1. The van der Waals surface area contributed by atoms with Gasteiger partial charge in [0.2, 0.25) is 0 Å². The SMILES string of the molecule is COc1ccc(-c2ccc(CNC(C(=O)O)C(C)C)o2)cc1Cl. The van der Waals surface area contributed by atoms with Gasteiger partial charge in [-0.3, -0.25) is 10.1 Å². The molecule has 1 aromatic carbocycles. The average Bonchev–Trinajstić information content (AvgIpc) is 2.95. The maximum Gasteiger partial charge on any atom is 0.320 e. The Balaban J connectivity index is 2.09. The van der Waals surface area contributed by atoms with Gasteiger partial charge in [-0.2, -0.15) is 0 Å². The summed E-state index contributed by atoms with van der Waals surface area (Å²) in [5.41, 5.74) is 0.834. The van der Waals surface area contributed by atoms with E-state index in [0.29, 0.717) is 28.8 Å². The Kier molecular flexibility index (Phi) is 5.69. The molecule has 0 amide bonds. The summed E-state index contributed by atoms with van der Waals surface area (Å²) >= 11 is 6.11. The van der Waals surface area contributed by atoms with Crippen molar-refractivity contribution < 1.29 is 19.1 Å². The average molecular weight is 338 g/mol. The fourth-order valence-electron chi connectivity index (χ4n) is 2.27. The number of carboxylic acid groups (broad SMARTS) is 1. The van der Waals surface area contributed by atoms with E-state index in [1.165, 1.54) is 0 Å². The lowest BCUT2D eigenvalue weighted by Crippen LogP contribution is -2.40. The number of nitrogens with one attached hydrogen (secondary N) is 1. The molecule has 0 fully saturated rings. The highest BCUT2D eigenvalue weighted by Crippen LogP contribution is 2.31.